The lowest BCUT2D eigenvalue weighted by molar-refractivity contribution is 0.0950. The Morgan fingerprint density at radius 1 is 1.17 bits per heavy atom. The van der Waals surface area contributed by atoms with Crippen molar-refractivity contribution in [1.29, 1.82) is 0 Å². The Morgan fingerprint density at radius 3 is 2.71 bits per heavy atom. The van der Waals surface area contributed by atoms with Gasteiger partial charge in [-0.05, 0) is 42.0 Å². The van der Waals surface area contributed by atoms with Gasteiger partial charge in [0, 0.05) is 35.7 Å². The van der Waals surface area contributed by atoms with Crippen LogP contribution in [0.3, 0.4) is 0 Å². The third-order valence-corrected chi connectivity index (χ3v) is 3.79. The van der Waals surface area contributed by atoms with Gasteiger partial charge in [-0.1, -0.05) is 17.7 Å². The SMILES string of the molecule is O=C(NCc1ccc(F)cc1Cl)c1ccc(-c2cccnc2)nc1. The first kappa shape index (κ1) is 16.1. The quantitative estimate of drug-likeness (QED) is 0.783. The van der Waals surface area contributed by atoms with E-state index in [0.717, 1.165) is 11.3 Å². The molecule has 1 aromatic carbocycles. The fourth-order valence-corrected chi connectivity index (χ4v) is 2.39. The highest BCUT2D eigenvalue weighted by Crippen LogP contribution is 2.18. The van der Waals surface area contributed by atoms with Crippen LogP contribution >= 0.6 is 11.6 Å². The molecule has 2 aromatic heterocycles. The van der Waals surface area contributed by atoms with Gasteiger partial charge in [0.15, 0.2) is 0 Å². The van der Waals surface area contributed by atoms with E-state index in [4.69, 9.17) is 11.6 Å². The van der Waals surface area contributed by atoms with E-state index in [1.807, 2.05) is 12.1 Å². The van der Waals surface area contributed by atoms with Crippen molar-refractivity contribution in [3.8, 4) is 11.3 Å². The summed E-state index contributed by atoms with van der Waals surface area (Å²) in [7, 11) is 0. The first-order chi connectivity index (χ1) is 11.6. The van der Waals surface area contributed by atoms with Crippen molar-refractivity contribution >= 4 is 17.5 Å². The van der Waals surface area contributed by atoms with Crippen molar-refractivity contribution in [1.82, 2.24) is 15.3 Å². The maximum absolute atomic E-state index is 13.0. The summed E-state index contributed by atoms with van der Waals surface area (Å²) in [6.45, 7) is 0.211. The summed E-state index contributed by atoms with van der Waals surface area (Å²) in [5.74, 6) is -0.689. The van der Waals surface area contributed by atoms with Gasteiger partial charge in [0.25, 0.3) is 5.91 Å². The maximum atomic E-state index is 13.0. The zero-order valence-corrected chi connectivity index (χ0v) is 13.3. The highest BCUT2D eigenvalue weighted by molar-refractivity contribution is 6.31. The van der Waals surface area contributed by atoms with E-state index in [-0.39, 0.29) is 17.5 Å². The molecular weight excluding hydrogens is 329 g/mol. The molecule has 24 heavy (non-hydrogen) atoms. The number of aromatic nitrogens is 2. The van der Waals surface area contributed by atoms with Crippen LogP contribution in [0.25, 0.3) is 11.3 Å². The number of carbonyl (C=O) groups excluding carboxylic acids is 1. The molecule has 0 saturated heterocycles. The van der Waals surface area contributed by atoms with E-state index in [2.05, 4.69) is 15.3 Å². The Labute approximate surface area is 143 Å². The van der Waals surface area contributed by atoms with Crippen molar-refractivity contribution in [2.24, 2.45) is 0 Å². The first-order valence-corrected chi connectivity index (χ1v) is 7.60. The topological polar surface area (TPSA) is 54.9 Å². The Bertz CT molecular complexity index is 854. The molecule has 0 aliphatic heterocycles. The number of amides is 1. The number of hydrogen-bond donors (Lipinski definition) is 1. The van der Waals surface area contributed by atoms with Gasteiger partial charge in [0.2, 0.25) is 0 Å². The summed E-state index contributed by atoms with van der Waals surface area (Å²) in [6.07, 6.45) is 4.90. The van der Waals surface area contributed by atoms with Gasteiger partial charge in [0.05, 0.1) is 11.3 Å². The lowest BCUT2D eigenvalue weighted by Crippen LogP contribution is -2.23. The van der Waals surface area contributed by atoms with Gasteiger partial charge in [-0.2, -0.15) is 0 Å². The molecule has 0 radical (unpaired) electrons. The fourth-order valence-electron chi connectivity index (χ4n) is 2.16. The predicted molar refractivity (Wildman–Crippen MR) is 90.0 cm³/mol. The zero-order valence-electron chi connectivity index (χ0n) is 12.5. The van der Waals surface area contributed by atoms with Crippen molar-refractivity contribution in [2.75, 3.05) is 0 Å². The van der Waals surface area contributed by atoms with E-state index >= 15 is 0 Å². The normalized spacial score (nSPS) is 10.4. The fraction of sp³-hybridized carbons (Fsp3) is 0.0556. The Balaban J connectivity index is 1.67. The summed E-state index contributed by atoms with van der Waals surface area (Å²) in [6, 6.07) is 11.2. The third-order valence-electron chi connectivity index (χ3n) is 3.44. The number of carbonyl (C=O) groups is 1. The standard InChI is InChI=1S/C18H13ClFN3O/c19-16-8-15(20)5-3-12(16)10-23-18(24)14-4-6-17(22-11-14)13-2-1-7-21-9-13/h1-9,11H,10H2,(H,23,24). The molecule has 0 saturated carbocycles. The summed E-state index contributed by atoms with van der Waals surface area (Å²) in [4.78, 5) is 20.5. The lowest BCUT2D eigenvalue weighted by atomic mass is 10.1. The molecule has 0 aliphatic carbocycles. The van der Waals surface area contributed by atoms with Crippen LogP contribution in [0.5, 0.6) is 0 Å². The molecule has 0 fully saturated rings. The van der Waals surface area contributed by atoms with Gasteiger partial charge in [-0.25, -0.2) is 4.39 Å². The second-order valence-electron chi connectivity index (χ2n) is 5.09. The van der Waals surface area contributed by atoms with Crippen LogP contribution in [0.15, 0.2) is 61.1 Å². The van der Waals surface area contributed by atoms with E-state index in [9.17, 15) is 9.18 Å². The molecule has 120 valence electrons. The van der Waals surface area contributed by atoms with Crippen LogP contribution < -0.4 is 5.32 Å². The monoisotopic (exact) mass is 341 g/mol. The van der Waals surface area contributed by atoms with Gasteiger partial charge in [0.1, 0.15) is 5.82 Å². The molecule has 0 bridgehead atoms. The average molecular weight is 342 g/mol. The molecule has 4 nitrogen and oxygen atoms in total. The minimum absolute atomic E-state index is 0.211. The average Bonchev–Trinajstić information content (AvgIpc) is 2.62. The molecule has 0 spiro atoms. The minimum atomic E-state index is -0.412. The molecule has 6 heteroatoms. The van der Waals surface area contributed by atoms with Crippen molar-refractivity contribution < 1.29 is 9.18 Å². The second-order valence-corrected chi connectivity index (χ2v) is 5.50. The number of benzene rings is 1. The van der Waals surface area contributed by atoms with Gasteiger partial charge in [-0.15, -0.1) is 0 Å². The van der Waals surface area contributed by atoms with Gasteiger partial charge < -0.3 is 5.32 Å². The number of pyridine rings is 2. The molecular formula is C18H13ClFN3O. The summed E-state index contributed by atoms with van der Waals surface area (Å²) in [5, 5.41) is 3.01. The highest BCUT2D eigenvalue weighted by atomic mass is 35.5. The van der Waals surface area contributed by atoms with E-state index in [1.165, 1.54) is 18.3 Å². The zero-order chi connectivity index (χ0) is 16.9. The Kier molecular flexibility index (Phi) is 4.82. The number of nitrogens with one attached hydrogen (secondary N) is 1. The largest absolute Gasteiger partial charge is 0.348 e. The second kappa shape index (κ2) is 7.19. The van der Waals surface area contributed by atoms with E-state index in [0.29, 0.717) is 11.1 Å². The van der Waals surface area contributed by atoms with Gasteiger partial charge in [-0.3, -0.25) is 14.8 Å². The Hall–Kier alpha value is -2.79. The predicted octanol–water partition coefficient (Wildman–Crippen LogP) is 3.87. The molecule has 0 aliphatic rings. The maximum Gasteiger partial charge on any atom is 0.253 e. The van der Waals surface area contributed by atoms with Crippen molar-refractivity contribution in [2.45, 2.75) is 6.54 Å². The van der Waals surface area contributed by atoms with Crippen molar-refractivity contribution in [3.05, 3.63) is 83.0 Å². The number of rotatable bonds is 4. The van der Waals surface area contributed by atoms with Crippen LogP contribution in [0, 0.1) is 5.82 Å². The van der Waals surface area contributed by atoms with Crippen LogP contribution in [0.4, 0.5) is 4.39 Å². The summed E-state index contributed by atoms with van der Waals surface area (Å²) < 4.78 is 13.0. The van der Waals surface area contributed by atoms with Crippen LogP contribution in [0.2, 0.25) is 5.02 Å². The summed E-state index contributed by atoms with van der Waals surface area (Å²) >= 11 is 5.94. The van der Waals surface area contributed by atoms with E-state index < -0.39 is 5.82 Å². The molecule has 1 N–H and O–H groups in total. The number of halogens is 2. The molecule has 1 amide bonds. The minimum Gasteiger partial charge on any atom is -0.348 e. The number of nitrogens with zero attached hydrogens (tertiary/aromatic N) is 2. The van der Waals surface area contributed by atoms with E-state index in [1.54, 1.807) is 30.6 Å². The summed E-state index contributed by atoms with van der Waals surface area (Å²) in [5.41, 5.74) is 2.69. The van der Waals surface area contributed by atoms with Crippen LogP contribution in [-0.2, 0) is 6.54 Å². The van der Waals surface area contributed by atoms with Gasteiger partial charge >= 0.3 is 0 Å². The molecule has 3 aromatic rings. The first-order valence-electron chi connectivity index (χ1n) is 7.22. The molecule has 0 atom stereocenters. The molecule has 2 heterocycles. The number of hydrogen-bond acceptors (Lipinski definition) is 3. The van der Waals surface area contributed by atoms with Crippen molar-refractivity contribution in [3.63, 3.8) is 0 Å². The molecule has 0 unspecified atom stereocenters. The van der Waals surface area contributed by atoms with Crippen LogP contribution in [-0.4, -0.2) is 15.9 Å². The highest BCUT2D eigenvalue weighted by Gasteiger charge is 2.08. The van der Waals surface area contributed by atoms with Crippen LogP contribution in [0.1, 0.15) is 15.9 Å². The molecule has 3 rings (SSSR count). The smallest absolute Gasteiger partial charge is 0.253 e. The lowest BCUT2D eigenvalue weighted by Gasteiger charge is -2.07. The Morgan fingerprint density at radius 2 is 2.04 bits per heavy atom. The third kappa shape index (κ3) is 3.75.